The summed E-state index contributed by atoms with van der Waals surface area (Å²) in [5.41, 5.74) is 0.0128. The molecule has 1 saturated carbocycles. The first-order valence-electron chi connectivity index (χ1n) is 6.16. The molecule has 1 N–H and O–H groups in total. The van der Waals surface area contributed by atoms with E-state index in [0.717, 1.165) is 10.0 Å². The highest BCUT2D eigenvalue weighted by molar-refractivity contribution is 9.10. The fourth-order valence-electron chi connectivity index (χ4n) is 2.46. The Morgan fingerprint density at radius 2 is 1.84 bits per heavy atom. The second-order valence-corrected chi connectivity index (χ2v) is 6.43. The summed E-state index contributed by atoms with van der Waals surface area (Å²) in [6.45, 7) is 3.44. The van der Waals surface area contributed by atoms with Crippen molar-refractivity contribution in [2.24, 2.45) is 5.41 Å². The lowest BCUT2D eigenvalue weighted by Gasteiger charge is -2.43. The predicted molar refractivity (Wildman–Crippen MR) is 73.0 cm³/mol. The average molecular weight is 332 g/mol. The Hall–Kier alpha value is -0.970. The number of hydrogen-bond acceptors (Lipinski definition) is 1. The van der Waals surface area contributed by atoms with E-state index < -0.39 is 11.3 Å². The molecule has 1 aromatic carbocycles. The van der Waals surface area contributed by atoms with Crippen LogP contribution in [-0.4, -0.2) is 11.8 Å². The Morgan fingerprint density at radius 1 is 1.32 bits per heavy atom. The molecule has 0 aliphatic heterocycles. The molecule has 0 bridgehead atoms. The minimum absolute atomic E-state index is 0.188. The zero-order valence-corrected chi connectivity index (χ0v) is 12.4. The van der Waals surface area contributed by atoms with Crippen LogP contribution in [0.4, 0.5) is 8.78 Å². The number of amides is 1. The fraction of sp³-hybridized carbons (Fsp3) is 0.500. The van der Waals surface area contributed by atoms with E-state index in [-0.39, 0.29) is 24.8 Å². The zero-order chi connectivity index (χ0) is 14.3. The van der Waals surface area contributed by atoms with Gasteiger partial charge < -0.3 is 5.32 Å². The van der Waals surface area contributed by atoms with Crippen molar-refractivity contribution in [1.29, 1.82) is 0 Å². The van der Waals surface area contributed by atoms with Crippen molar-refractivity contribution in [3.8, 4) is 0 Å². The number of hydrogen-bond donors (Lipinski definition) is 1. The van der Waals surface area contributed by atoms with E-state index in [9.17, 15) is 13.6 Å². The Bertz CT molecular complexity index is 479. The summed E-state index contributed by atoms with van der Waals surface area (Å²) in [7, 11) is 0. The standard InChI is InChI=1S/C14H16BrF2NO/c1-9(10-3-5-11(15)6-4-10)18-12(19)13(2)7-14(16,17)8-13/h3-6,9H,7-8H2,1-2H3,(H,18,19)/t9-/m1/s1. The van der Waals surface area contributed by atoms with Gasteiger partial charge >= 0.3 is 0 Å². The van der Waals surface area contributed by atoms with Crippen LogP contribution in [0.25, 0.3) is 0 Å². The Kier molecular flexibility index (Phi) is 3.69. The van der Waals surface area contributed by atoms with E-state index in [2.05, 4.69) is 21.2 Å². The van der Waals surface area contributed by atoms with E-state index in [1.165, 1.54) is 0 Å². The Labute approximate surface area is 119 Å². The summed E-state index contributed by atoms with van der Waals surface area (Å²) >= 11 is 3.34. The monoisotopic (exact) mass is 331 g/mol. The lowest BCUT2D eigenvalue weighted by atomic mass is 9.67. The highest BCUT2D eigenvalue weighted by Gasteiger charge is 2.57. The molecule has 104 valence electrons. The molecule has 1 aliphatic rings. The zero-order valence-electron chi connectivity index (χ0n) is 10.8. The number of carbonyl (C=O) groups excluding carboxylic acids is 1. The Balaban J connectivity index is 1.98. The van der Waals surface area contributed by atoms with Crippen molar-refractivity contribution in [1.82, 2.24) is 5.32 Å². The second-order valence-electron chi connectivity index (χ2n) is 5.52. The number of benzene rings is 1. The molecule has 1 fully saturated rings. The molecule has 0 spiro atoms. The Morgan fingerprint density at radius 3 is 2.32 bits per heavy atom. The summed E-state index contributed by atoms with van der Waals surface area (Å²) < 4.78 is 26.8. The van der Waals surface area contributed by atoms with Gasteiger partial charge in [-0.05, 0) is 24.6 Å². The van der Waals surface area contributed by atoms with Crippen molar-refractivity contribution in [3.63, 3.8) is 0 Å². The van der Waals surface area contributed by atoms with E-state index in [4.69, 9.17) is 0 Å². The van der Waals surface area contributed by atoms with E-state index in [1.54, 1.807) is 6.92 Å². The minimum Gasteiger partial charge on any atom is -0.349 e. The molecule has 0 aromatic heterocycles. The second kappa shape index (κ2) is 4.85. The van der Waals surface area contributed by atoms with Gasteiger partial charge in [0, 0.05) is 17.3 Å². The van der Waals surface area contributed by atoms with Crippen LogP contribution in [0.2, 0.25) is 0 Å². The summed E-state index contributed by atoms with van der Waals surface area (Å²) in [5.74, 6) is -2.98. The largest absolute Gasteiger partial charge is 0.349 e. The van der Waals surface area contributed by atoms with E-state index >= 15 is 0 Å². The normalized spacial score (nSPS) is 21.3. The molecule has 0 saturated heterocycles. The molecule has 5 heteroatoms. The quantitative estimate of drug-likeness (QED) is 0.889. The fourth-order valence-corrected chi connectivity index (χ4v) is 2.72. The van der Waals surface area contributed by atoms with Crippen molar-refractivity contribution >= 4 is 21.8 Å². The SMILES string of the molecule is C[C@@H](NC(=O)C1(C)CC(F)(F)C1)c1ccc(Br)cc1. The summed E-state index contributed by atoms with van der Waals surface area (Å²) in [6.07, 6.45) is -0.724. The molecule has 0 radical (unpaired) electrons. The third-order valence-corrected chi connectivity index (χ3v) is 4.09. The van der Waals surface area contributed by atoms with Crippen molar-refractivity contribution in [2.45, 2.75) is 38.7 Å². The molecule has 1 amide bonds. The van der Waals surface area contributed by atoms with Gasteiger partial charge in [-0.3, -0.25) is 4.79 Å². The smallest absolute Gasteiger partial charge is 0.250 e. The molecule has 2 nitrogen and oxygen atoms in total. The van der Waals surface area contributed by atoms with Gasteiger partial charge in [0.25, 0.3) is 0 Å². The van der Waals surface area contributed by atoms with Gasteiger partial charge in [0.05, 0.1) is 11.5 Å². The van der Waals surface area contributed by atoms with Crippen LogP contribution < -0.4 is 5.32 Å². The highest BCUT2D eigenvalue weighted by atomic mass is 79.9. The van der Waals surface area contributed by atoms with Crippen LogP contribution in [-0.2, 0) is 4.79 Å². The van der Waals surface area contributed by atoms with Crippen molar-refractivity contribution < 1.29 is 13.6 Å². The van der Waals surface area contributed by atoms with Gasteiger partial charge in [-0.1, -0.05) is 35.0 Å². The number of rotatable bonds is 3. The van der Waals surface area contributed by atoms with E-state index in [1.807, 2.05) is 31.2 Å². The van der Waals surface area contributed by atoms with Gasteiger partial charge in [0.1, 0.15) is 0 Å². The number of halogens is 3. The molecular formula is C14H16BrF2NO. The minimum atomic E-state index is -2.69. The van der Waals surface area contributed by atoms with Gasteiger partial charge in [-0.15, -0.1) is 0 Å². The number of nitrogens with one attached hydrogen (secondary N) is 1. The average Bonchev–Trinajstić information content (AvgIpc) is 2.26. The molecule has 2 rings (SSSR count). The topological polar surface area (TPSA) is 29.1 Å². The highest BCUT2D eigenvalue weighted by Crippen LogP contribution is 2.51. The van der Waals surface area contributed by atoms with Gasteiger partial charge in [0.2, 0.25) is 11.8 Å². The first-order chi connectivity index (χ1) is 8.72. The first-order valence-corrected chi connectivity index (χ1v) is 6.95. The van der Waals surface area contributed by atoms with E-state index in [0.29, 0.717) is 0 Å². The van der Waals surface area contributed by atoms with Crippen molar-refractivity contribution in [2.75, 3.05) is 0 Å². The van der Waals surface area contributed by atoms with Gasteiger partial charge in [-0.25, -0.2) is 8.78 Å². The molecular weight excluding hydrogens is 316 g/mol. The maximum atomic E-state index is 12.9. The predicted octanol–water partition coefficient (Wildman–Crippen LogP) is 4.06. The molecule has 1 atom stereocenters. The first kappa shape index (κ1) is 14.4. The van der Waals surface area contributed by atoms with Gasteiger partial charge in [0.15, 0.2) is 0 Å². The molecule has 0 heterocycles. The summed E-state index contributed by atoms with van der Waals surface area (Å²) in [4.78, 5) is 12.0. The molecule has 1 aromatic rings. The maximum Gasteiger partial charge on any atom is 0.250 e. The number of carbonyl (C=O) groups is 1. The van der Waals surface area contributed by atoms with Crippen LogP contribution >= 0.6 is 15.9 Å². The third-order valence-electron chi connectivity index (χ3n) is 3.56. The number of alkyl halides is 2. The molecule has 19 heavy (non-hydrogen) atoms. The van der Waals surface area contributed by atoms with Crippen LogP contribution in [0.5, 0.6) is 0 Å². The van der Waals surface area contributed by atoms with Crippen LogP contribution in [0.3, 0.4) is 0 Å². The van der Waals surface area contributed by atoms with Crippen molar-refractivity contribution in [3.05, 3.63) is 34.3 Å². The lowest BCUT2D eigenvalue weighted by molar-refractivity contribution is -0.175. The van der Waals surface area contributed by atoms with Crippen LogP contribution in [0.1, 0.15) is 38.3 Å². The van der Waals surface area contributed by atoms with Crippen LogP contribution in [0.15, 0.2) is 28.7 Å². The van der Waals surface area contributed by atoms with Gasteiger partial charge in [-0.2, -0.15) is 0 Å². The lowest BCUT2D eigenvalue weighted by Crippen LogP contribution is -2.53. The molecule has 0 unspecified atom stereocenters. The molecule has 1 aliphatic carbocycles. The third kappa shape index (κ3) is 3.14. The van der Waals surface area contributed by atoms with Crippen LogP contribution in [0, 0.1) is 5.41 Å². The summed E-state index contributed by atoms with van der Waals surface area (Å²) in [5, 5.41) is 2.81. The summed E-state index contributed by atoms with van der Waals surface area (Å²) in [6, 6.07) is 7.38. The maximum absolute atomic E-state index is 12.9.